The summed E-state index contributed by atoms with van der Waals surface area (Å²) in [4.78, 5) is 30.2. The first-order chi connectivity index (χ1) is 11.1. The van der Waals surface area contributed by atoms with Gasteiger partial charge >= 0.3 is 0 Å². The molecule has 23 heavy (non-hydrogen) atoms. The molecule has 0 bridgehead atoms. The molecular weight excluding hydrogens is 358 g/mol. The molecule has 1 aromatic heterocycles. The standard InChI is InChI=1S/C17H16BrN3O2/c18-14-3-1-2-4-15(14)21-11-13(9-16(21)22)17(23)20-10-12-5-7-19-8-6-12/h1-8,13H,9-11H2,(H,20,23). The Morgan fingerprint density at radius 1 is 1.26 bits per heavy atom. The largest absolute Gasteiger partial charge is 0.352 e. The minimum atomic E-state index is -0.323. The van der Waals surface area contributed by atoms with Gasteiger partial charge in [-0.15, -0.1) is 0 Å². The first kappa shape index (κ1) is 15.7. The lowest BCUT2D eigenvalue weighted by molar-refractivity contribution is -0.126. The molecule has 2 aromatic rings. The number of carbonyl (C=O) groups is 2. The van der Waals surface area contributed by atoms with Gasteiger partial charge in [-0.2, -0.15) is 0 Å². The SMILES string of the molecule is O=C(NCc1ccncc1)C1CC(=O)N(c2ccccc2Br)C1. The number of hydrogen-bond donors (Lipinski definition) is 1. The van der Waals surface area contributed by atoms with E-state index in [0.29, 0.717) is 13.1 Å². The summed E-state index contributed by atoms with van der Waals surface area (Å²) < 4.78 is 0.853. The summed E-state index contributed by atoms with van der Waals surface area (Å²) in [5, 5.41) is 2.89. The van der Waals surface area contributed by atoms with E-state index < -0.39 is 0 Å². The summed E-state index contributed by atoms with van der Waals surface area (Å²) in [7, 11) is 0. The van der Waals surface area contributed by atoms with Gasteiger partial charge in [0.1, 0.15) is 0 Å². The van der Waals surface area contributed by atoms with E-state index in [1.807, 2.05) is 36.4 Å². The average molecular weight is 374 g/mol. The van der Waals surface area contributed by atoms with Crippen molar-refractivity contribution in [2.45, 2.75) is 13.0 Å². The fraction of sp³-hybridized carbons (Fsp3) is 0.235. The lowest BCUT2D eigenvalue weighted by atomic mass is 10.1. The molecule has 2 heterocycles. The number of amides is 2. The van der Waals surface area contributed by atoms with Crippen LogP contribution in [0.25, 0.3) is 0 Å². The topological polar surface area (TPSA) is 62.3 Å². The van der Waals surface area contributed by atoms with E-state index in [-0.39, 0.29) is 24.2 Å². The van der Waals surface area contributed by atoms with Gasteiger partial charge in [0, 0.05) is 36.4 Å². The third-order valence-corrected chi connectivity index (χ3v) is 4.53. The number of aromatic nitrogens is 1. The molecule has 0 aliphatic carbocycles. The summed E-state index contributed by atoms with van der Waals surface area (Å²) >= 11 is 3.45. The molecule has 118 valence electrons. The highest BCUT2D eigenvalue weighted by Crippen LogP contribution is 2.31. The van der Waals surface area contributed by atoms with Crippen LogP contribution in [-0.4, -0.2) is 23.3 Å². The normalized spacial score (nSPS) is 17.3. The fourth-order valence-electron chi connectivity index (χ4n) is 2.62. The van der Waals surface area contributed by atoms with Crippen LogP contribution in [0.1, 0.15) is 12.0 Å². The highest BCUT2D eigenvalue weighted by atomic mass is 79.9. The van der Waals surface area contributed by atoms with Gasteiger partial charge < -0.3 is 10.2 Å². The molecular formula is C17H16BrN3O2. The predicted octanol–water partition coefficient (Wildman–Crippen LogP) is 2.51. The maximum absolute atomic E-state index is 12.3. The smallest absolute Gasteiger partial charge is 0.227 e. The number of benzene rings is 1. The molecule has 1 unspecified atom stereocenters. The molecule has 1 saturated heterocycles. The molecule has 3 rings (SSSR count). The highest BCUT2D eigenvalue weighted by molar-refractivity contribution is 9.10. The van der Waals surface area contributed by atoms with Crippen LogP contribution >= 0.6 is 15.9 Å². The minimum Gasteiger partial charge on any atom is -0.352 e. The summed E-state index contributed by atoms with van der Waals surface area (Å²) in [5.41, 5.74) is 1.79. The summed E-state index contributed by atoms with van der Waals surface area (Å²) in [6.07, 6.45) is 3.62. The number of anilines is 1. The van der Waals surface area contributed by atoms with Crippen molar-refractivity contribution in [1.82, 2.24) is 10.3 Å². The third-order valence-electron chi connectivity index (χ3n) is 3.86. The Labute approximate surface area is 142 Å². The monoisotopic (exact) mass is 373 g/mol. The molecule has 1 aliphatic heterocycles. The molecule has 2 amide bonds. The second-order valence-electron chi connectivity index (χ2n) is 5.43. The molecule has 0 spiro atoms. The van der Waals surface area contributed by atoms with Gasteiger partial charge in [0.2, 0.25) is 11.8 Å². The van der Waals surface area contributed by atoms with Gasteiger partial charge in [-0.05, 0) is 45.8 Å². The van der Waals surface area contributed by atoms with Crippen LogP contribution < -0.4 is 10.2 Å². The van der Waals surface area contributed by atoms with Crippen molar-refractivity contribution in [3.8, 4) is 0 Å². The molecule has 1 N–H and O–H groups in total. The van der Waals surface area contributed by atoms with E-state index in [9.17, 15) is 9.59 Å². The zero-order valence-corrected chi connectivity index (χ0v) is 14.0. The number of nitrogens with zero attached hydrogens (tertiary/aromatic N) is 2. The first-order valence-corrected chi connectivity index (χ1v) is 8.16. The Bertz CT molecular complexity index is 721. The van der Waals surface area contributed by atoms with E-state index in [4.69, 9.17) is 0 Å². The molecule has 0 saturated carbocycles. The average Bonchev–Trinajstić information content (AvgIpc) is 2.96. The van der Waals surface area contributed by atoms with Crippen molar-refractivity contribution in [3.63, 3.8) is 0 Å². The van der Waals surface area contributed by atoms with Gasteiger partial charge in [0.25, 0.3) is 0 Å². The maximum atomic E-state index is 12.3. The molecule has 5 nitrogen and oxygen atoms in total. The second-order valence-corrected chi connectivity index (χ2v) is 6.28. The van der Waals surface area contributed by atoms with Gasteiger partial charge in [0.15, 0.2) is 0 Å². The van der Waals surface area contributed by atoms with Crippen LogP contribution in [-0.2, 0) is 16.1 Å². The van der Waals surface area contributed by atoms with E-state index in [0.717, 1.165) is 15.7 Å². The number of hydrogen-bond acceptors (Lipinski definition) is 3. The van der Waals surface area contributed by atoms with E-state index in [1.54, 1.807) is 17.3 Å². The van der Waals surface area contributed by atoms with E-state index in [1.165, 1.54) is 0 Å². The molecule has 1 fully saturated rings. The van der Waals surface area contributed by atoms with Gasteiger partial charge in [-0.1, -0.05) is 12.1 Å². The third kappa shape index (κ3) is 3.59. The van der Waals surface area contributed by atoms with Crippen molar-refractivity contribution >= 4 is 33.4 Å². The predicted molar refractivity (Wildman–Crippen MR) is 90.7 cm³/mol. The van der Waals surface area contributed by atoms with Crippen molar-refractivity contribution in [3.05, 3.63) is 58.8 Å². The Morgan fingerprint density at radius 3 is 2.74 bits per heavy atom. The molecule has 0 radical (unpaired) electrons. The fourth-order valence-corrected chi connectivity index (χ4v) is 3.12. The quantitative estimate of drug-likeness (QED) is 0.895. The number of para-hydroxylation sites is 1. The molecule has 6 heteroatoms. The lowest BCUT2D eigenvalue weighted by Crippen LogP contribution is -2.32. The van der Waals surface area contributed by atoms with Crippen LogP contribution in [0.4, 0.5) is 5.69 Å². The van der Waals surface area contributed by atoms with Gasteiger partial charge in [-0.25, -0.2) is 0 Å². The van der Waals surface area contributed by atoms with Crippen molar-refractivity contribution < 1.29 is 9.59 Å². The van der Waals surface area contributed by atoms with Crippen molar-refractivity contribution in [2.24, 2.45) is 5.92 Å². The Hall–Kier alpha value is -2.21. The Morgan fingerprint density at radius 2 is 2.00 bits per heavy atom. The second kappa shape index (κ2) is 6.91. The van der Waals surface area contributed by atoms with Crippen LogP contribution in [0.5, 0.6) is 0 Å². The molecule has 1 aliphatic rings. The van der Waals surface area contributed by atoms with Crippen molar-refractivity contribution in [2.75, 3.05) is 11.4 Å². The number of nitrogens with one attached hydrogen (secondary N) is 1. The first-order valence-electron chi connectivity index (χ1n) is 7.36. The highest BCUT2D eigenvalue weighted by Gasteiger charge is 2.35. The summed E-state index contributed by atoms with van der Waals surface area (Å²) in [6.45, 7) is 0.852. The van der Waals surface area contributed by atoms with E-state index in [2.05, 4.69) is 26.2 Å². The Kier molecular flexibility index (Phi) is 4.71. The van der Waals surface area contributed by atoms with Gasteiger partial charge in [-0.3, -0.25) is 14.6 Å². The summed E-state index contributed by atoms with van der Waals surface area (Å²) in [5.74, 6) is -0.442. The minimum absolute atomic E-state index is 0.0269. The molecule has 1 aromatic carbocycles. The van der Waals surface area contributed by atoms with Crippen LogP contribution in [0.3, 0.4) is 0 Å². The summed E-state index contributed by atoms with van der Waals surface area (Å²) in [6, 6.07) is 11.2. The van der Waals surface area contributed by atoms with Crippen LogP contribution in [0.15, 0.2) is 53.3 Å². The maximum Gasteiger partial charge on any atom is 0.227 e. The van der Waals surface area contributed by atoms with Crippen LogP contribution in [0, 0.1) is 5.92 Å². The van der Waals surface area contributed by atoms with Crippen molar-refractivity contribution in [1.29, 1.82) is 0 Å². The number of rotatable bonds is 4. The number of halogens is 1. The number of carbonyl (C=O) groups excluding carboxylic acids is 2. The zero-order valence-electron chi connectivity index (χ0n) is 12.4. The van der Waals surface area contributed by atoms with E-state index >= 15 is 0 Å². The zero-order chi connectivity index (χ0) is 16.2. The lowest BCUT2D eigenvalue weighted by Gasteiger charge is -2.18. The van der Waals surface area contributed by atoms with Crippen LogP contribution in [0.2, 0.25) is 0 Å². The number of pyridine rings is 1. The van der Waals surface area contributed by atoms with Gasteiger partial charge in [0.05, 0.1) is 11.6 Å². The molecule has 1 atom stereocenters. The Balaban J connectivity index is 1.63.